The molecule has 1 heterocycles. The summed E-state index contributed by atoms with van der Waals surface area (Å²) in [7, 11) is 0. The van der Waals surface area contributed by atoms with Crippen molar-refractivity contribution in [2.45, 2.75) is 13.0 Å². The van der Waals surface area contributed by atoms with Crippen molar-refractivity contribution in [1.29, 1.82) is 5.26 Å². The van der Waals surface area contributed by atoms with E-state index in [4.69, 9.17) is 5.26 Å². The first kappa shape index (κ1) is 15.6. The third kappa shape index (κ3) is 3.08. The van der Waals surface area contributed by atoms with Crippen molar-refractivity contribution >= 4 is 0 Å². The molecule has 3 rings (SSSR count). The minimum Gasteiger partial charge on any atom is -0.296 e. The van der Waals surface area contributed by atoms with Gasteiger partial charge in [0.15, 0.2) is 5.82 Å². The van der Waals surface area contributed by atoms with E-state index in [2.05, 4.69) is 9.68 Å². The van der Waals surface area contributed by atoms with Crippen molar-refractivity contribution < 1.29 is 13.3 Å². The van der Waals surface area contributed by atoms with Gasteiger partial charge in [0.25, 0.3) is 0 Å². The predicted octanol–water partition coefficient (Wildman–Crippen LogP) is 2.63. The predicted molar refractivity (Wildman–Crippen MR) is 80.2 cm³/mol. The average Bonchev–Trinajstić information content (AvgIpc) is 2.90. The molecule has 7 heteroatoms. The Hall–Kier alpha value is -3.27. The first-order valence-electron chi connectivity index (χ1n) is 7.06. The normalized spacial score (nSPS) is 10.5. The van der Waals surface area contributed by atoms with Gasteiger partial charge < -0.3 is 0 Å². The first-order valence-corrected chi connectivity index (χ1v) is 7.06. The van der Waals surface area contributed by atoms with Crippen LogP contribution in [-0.2, 0) is 13.0 Å². The average molecular weight is 327 g/mol. The van der Waals surface area contributed by atoms with E-state index < -0.39 is 11.6 Å². The van der Waals surface area contributed by atoms with Gasteiger partial charge >= 0.3 is 5.76 Å². The van der Waals surface area contributed by atoms with E-state index in [9.17, 15) is 13.6 Å². The number of halogens is 2. The molecule has 2 aromatic carbocycles. The minimum absolute atomic E-state index is 0.0421. The van der Waals surface area contributed by atoms with Crippen LogP contribution in [0.25, 0.3) is 0 Å². The molecule has 0 N–H and O–H groups in total. The van der Waals surface area contributed by atoms with Gasteiger partial charge in [0.2, 0.25) is 0 Å². The molecule has 0 bridgehead atoms. The molecule has 0 atom stereocenters. The van der Waals surface area contributed by atoms with E-state index in [1.165, 1.54) is 28.8 Å². The van der Waals surface area contributed by atoms with Gasteiger partial charge in [0, 0.05) is 6.42 Å². The Bertz CT molecular complexity index is 969. The Morgan fingerprint density at radius 1 is 1.17 bits per heavy atom. The molecular formula is C17H11F2N3O2. The number of hydrogen-bond donors (Lipinski definition) is 0. The molecular weight excluding hydrogens is 316 g/mol. The first-order chi connectivity index (χ1) is 11.6. The number of aromatic nitrogens is 2. The van der Waals surface area contributed by atoms with Gasteiger partial charge in [0.05, 0.1) is 12.1 Å². The molecule has 24 heavy (non-hydrogen) atoms. The van der Waals surface area contributed by atoms with Crippen molar-refractivity contribution in [1.82, 2.24) is 9.72 Å². The van der Waals surface area contributed by atoms with E-state index >= 15 is 0 Å². The molecule has 0 unspecified atom stereocenters. The van der Waals surface area contributed by atoms with Gasteiger partial charge in [-0.3, -0.25) is 9.09 Å². The largest absolute Gasteiger partial charge is 0.441 e. The van der Waals surface area contributed by atoms with Crippen LogP contribution < -0.4 is 5.76 Å². The lowest BCUT2D eigenvalue weighted by molar-refractivity contribution is 0.375. The van der Waals surface area contributed by atoms with Crippen molar-refractivity contribution in [3.8, 4) is 6.07 Å². The molecule has 1 aromatic heterocycles. The van der Waals surface area contributed by atoms with Crippen LogP contribution in [0, 0.1) is 23.0 Å². The second-order valence-electron chi connectivity index (χ2n) is 5.14. The summed E-state index contributed by atoms with van der Waals surface area (Å²) < 4.78 is 32.5. The molecule has 0 radical (unpaired) electrons. The second-order valence-corrected chi connectivity index (χ2v) is 5.14. The Labute approximate surface area is 135 Å². The fourth-order valence-electron chi connectivity index (χ4n) is 2.36. The van der Waals surface area contributed by atoms with E-state index in [0.29, 0.717) is 11.4 Å². The number of nitrogens with zero attached hydrogens (tertiary/aromatic N) is 3. The minimum atomic E-state index is -0.708. The van der Waals surface area contributed by atoms with Crippen LogP contribution >= 0.6 is 0 Å². The van der Waals surface area contributed by atoms with Crippen molar-refractivity contribution in [2.24, 2.45) is 0 Å². The van der Waals surface area contributed by atoms with Crippen molar-refractivity contribution in [3.05, 3.63) is 87.2 Å². The van der Waals surface area contributed by atoms with Gasteiger partial charge in [-0.15, -0.1) is 0 Å². The lowest BCUT2D eigenvalue weighted by Crippen LogP contribution is -2.19. The van der Waals surface area contributed by atoms with Crippen molar-refractivity contribution in [3.63, 3.8) is 0 Å². The fourth-order valence-corrected chi connectivity index (χ4v) is 2.36. The highest BCUT2D eigenvalue weighted by Crippen LogP contribution is 2.15. The molecule has 0 saturated carbocycles. The summed E-state index contributed by atoms with van der Waals surface area (Å²) in [6, 6.07) is 11.7. The van der Waals surface area contributed by atoms with Crippen molar-refractivity contribution in [2.75, 3.05) is 0 Å². The van der Waals surface area contributed by atoms with E-state index in [1.807, 2.05) is 0 Å². The highest BCUT2D eigenvalue weighted by Gasteiger charge is 2.15. The summed E-state index contributed by atoms with van der Waals surface area (Å²) in [5.74, 6) is -1.42. The molecule has 0 spiro atoms. The molecule has 0 aliphatic rings. The zero-order valence-corrected chi connectivity index (χ0v) is 12.4. The smallest absolute Gasteiger partial charge is 0.296 e. The van der Waals surface area contributed by atoms with Crippen LogP contribution in [0.4, 0.5) is 8.78 Å². The van der Waals surface area contributed by atoms with Crippen LogP contribution in [0.15, 0.2) is 51.8 Å². The summed E-state index contributed by atoms with van der Waals surface area (Å²) in [4.78, 5) is 11.9. The molecule has 0 fully saturated rings. The van der Waals surface area contributed by atoms with Gasteiger partial charge in [0.1, 0.15) is 17.7 Å². The number of hydrogen-bond acceptors (Lipinski definition) is 4. The summed E-state index contributed by atoms with van der Waals surface area (Å²) in [6.45, 7) is -0.0421. The fraction of sp³-hybridized carbons (Fsp3) is 0.118. The van der Waals surface area contributed by atoms with Gasteiger partial charge in [-0.1, -0.05) is 29.4 Å². The van der Waals surface area contributed by atoms with Crippen LogP contribution in [0.1, 0.15) is 22.5 Å². The maximum atomic E-state index is 13.7. The standard InChI is InChI=1S/C17H11F2N3O2/c18-13-6-4-11(5-7-13)8-16-21-24-17(23)22(16)10-12-2-1-3-15(19)14(12)9-20/h1-7H,8,10H2. The topological polar surface area (TPSA) is 71.8 Å². The number of rotatable bonds is 4. The Morgan fingerprint density at radius 2 is 1.92 bits per heavy atom. The molecule has 120 valence electrons. The zero-order valence-electron chi connectivity index (χ0n) is 12.4. The van der Waals surface area contributed by atoms with Crippen LogP contribution in [0.3, 0.4) is 0 Å². The Kier molecular flexibility index (Phi) is 4.20. The number of nitriles is 1. The Morgan fingerprint density at radius 3 is 2.62 bits per heavy atom. The van der Waals surface area contributed by atoms with Crippen LogP contribution in [0.5, 0.6) is 0 Å². The molecule has 0 amide bonds. The van der Waals surface area contributed by atoms with Crippen LogP contribution in [0.2, 0.25) is 0 Å². The van der Waals surface area contributed by atoms with Gasteiger partial charge in [-0.2, -0.15) is 5.26 Å². The summed E-state index contributed by atoms with van der Waals surface area (Å²) in [5, 5.41) is 12.8. The highest BCUT2D eigenvalue weighted by atomic mass is 19.1. The SMILES string of the molecule is N#Cc1c(F)cccc1Cn1c(Cc2ccc(F)cc2)noc1=O. The maximum absolute atomic E-state index is 13.7. The molecule has 3 aromatic rings. The summed E-state index contributed by atoms with van der Waals surface area (Å²) in [5.41, 5.74) is 0.958. The third-order valence-corrected chi connectivity index (χ3v) is 3.58. The second kappa shape index (κ2) is 6.46. The summed E-state index contributed by atoms with van der Waals surface area (Å²) in [6.07, 6.45) is 0.239. The molecule has 0 saturated heterocycles. The van der Waals surface area contributed by atoms with Crippen LogP contribution in [-0.4, -0.2) is 9.72 Å². The number of benzene rings is 2. The molecule has 5 nitrogen and oxygen atoms in total. The maximum Gasteiger partial charge on any atom is 0.441 e. The third-order valence-electron chi connectivity index (χ3n) is 3.58. The van der Waals surface area contributed by atoms with E-state index in [1.54, 1.807) is 24.3 Å². The monoisotopic (exact) mass is 327 g/mol. The molecule has 0 aliphatic carbocycles. The molecule has 0 aliphatic heterocycles. The Balaban J connectivity index is 1.94. The zero-order chi connectivity index (χ0) is 17.1. The van der Waals surface area contributed by atoms with Gasteiger partial charge in [-0.05, 0) is 29.3 Å². The quantitative estimate of drug-likeness (QED) is 0.738. The van der Waals surface area contributed by atoms with E-state index in [-0.39, 0.29) is 24.3 Å². The summed E-state index contributed by atoms with van der Waals surface area (Å²) >= 11 is 0. The highest BCUT2D eigenvalue weighted by molar-refractivity contribution is 5.39. The van der Waals surface area contributed by atoms with Gasteiger partial charge in [-0.25, -0.2) is 13.6 Å². The van der Waals surface area contributed by atoms with E-state index in [0.717, 1.165) is 5.56 Å². The lowest BCUT2D eigenvalue weighted by Gasteiger charge is -2.07. The lowest BCUT2D eigenvalue weighted by atomic mass is 10.1.